The van der Waals surface area contributed by atoms with E-state index in [9.17, 15) is 0 Å². The van der Waals surface area contributed by atoms with E-state index in [2.05, 4.69) is 86.8 Å². The summed E-state index contributed by atoms with van der Waals surface area (Å²) in [5, 5.41) is 0. The lowest BCUT2D eigenvalue weighted by molar-refractivity contribution is 1.04. The van der Waals surface area contributed by atoms with Crippen molar-refractivity contribution in [2.75, 3.05) is 0 Å². The predicted octanol–water partition coefficient (Wildman–Crippen LogP) is 5.70. The Balaban J connectivity index is 1.77. The van der Waals surface area contributed by atoms with Gasteiger partial charge in [-0.05, 0) is 45.8 Å². The molecule has 22 heavy (non-hydrogen) atoms. The molecule has 2 unspecified atom stereocenters. The van der Waals surface area contributed by atoms with E-state index in [1.807, 2.05) is 0 Å². The Kier molecular flexibility index (Phi) is 3.02. The Morgan fingerprint density at radius 1 is 0.773 bits per heavy atom. The van der Waals surface area contributed by atoms with Crippen LogP contribution in [0.5, 0.6) is 0 Å². The number of rotatable bonds is 2. The van der Waals surface area contributed by atoms with Gasteiger partial charge in [-0.2, -0.15) is 0 Å². The highest BCUT2D eigenvalue weighted by atomic mass is 28.3. The van der Waals surface area contributed by atoms with Gasteiger partial charge in [-0.1, -0.05) is 79.9 Å². The van der Waals surface area contributed by atoms with Crippen molar-refractivity contribution in [3.8, 4) is 0 Å². The van der Waals surface area contributed by atoms with Gasteiger partial charge in [0.25, 0.3) is 0 Å². The zero-order valence-corrected chi connectivity index (χ0v) is 14.5. The Morgan fingerprint density at radius 3 is 2.32 bits per heavy atom. The van der Waals surface area contributed by atoms with Gasteiger partial charge in [-0.25, -0.2) is 0 Å². The average Bonchev–Trinajstić information content (AvgIpc) is 3.12. The van der Waals surface area contributed by atoms with Crippen LogP contribution in [0.1, 0.15) is 38.9 Å². The van der Waals surface area contributed by atoms with Crippen LogP contribution in [0.25, 0.3) is 12.2 Å². The fourth-order valence-electron chi connectivity index (χ4n) is 4.24. The molecule has 110 valence electrons. The highest BCUT2D eigenvalue weighted by Crippen LogP contribution is 2.47. The van der Waals surface area contributed by atoms with Crippen molar-refractivity contribution in [2.45, 2.75) is 31.1 Å². The molecule has 0 aliphatic heterocycles. The van der Waals surface area contributed by atoms with E-state index in [-0.39, 0.29) is 0 Å². The molecule has 2 aromatic rings. The molecule has 2 aliphatic carbocycles. The zero-order valence-electron chi connectivity index (χ0n) is 13.5. The summed E-state index contributed by atoms with van der Waals surface area (Å²) < 4.78 is 0. The molecular weight excluding hydrogens is 280 g/mol. The van der Waals surface area contributed by atoms with E-state index < -0.39 is 8.07 Å². The van der Waals surface area contributed by atoms with Gasteiger partial charge >= 0.3 is 0 Å². The minimum atomic E-state index is -1.54. The van der Waals surface area contributed by atoms with Crippen molar-refractivity contribution in [1.29, 1.82) is 0 Å². The maximum atomic E-state index is 2.55. The van der Waals surface area contributed by atoms with Crippen molar-refractivity contribution in [3.63, 3.8) is 0 Å². The first-order valence-electron chi connectivity index (χ1n) is 8.14. The molecule has 2 aromatic carbocycles. The third kappa shape index (κ3) is 1.89. The number of hydrogen-bond donors (Lipinski definition) is 0. The highest BCUT2D eigenvalue weighted by molar-refractivity contribution is 6.81. The van der Waals surface area contributed by atoms with Crippen LogP contribution in [-0.2, 0) is 0 Å². The quantitative estimate of drug-likeness (QED) is 0.624. The number of allylic oxidation sites excluding steroid dienone is 2. The number of hydrogen-bond acceptors (Lipinski definition) is 0. The second-order valence-electron chi connectivity index (χ2n) is 7.20. The first kappa shape index (κ1) is 13.8. The van der Waals surface area contributed by atoms with Crippen LogP contribution in [0, 0.1) is 6.92 Å². The summed E-state index contributed by atoms with van der Waals surface area (Å²) in [5.41, 5.74) is 8.60. The fraction of sp³-hybridized carbons (Fsp3) is 0.238. The molecule has 2 aliphatic rings. The van der Waals surface area contributed by atoms with Crippen molar-refractivity contribution in [2.24, 2.45) is 0 Å². The minimum Gasteiger partial charge on any atom is -0.0791 e. The monoisotopic (exact) mass is 302 g/mol. The Bertz CT molecular complexity index is 795. The fourth-order valence-corrected chi connectivity index (χ4v) is 7.93. The van der Waals surface area contributed by atoms with Gasteiger partial charge in [-0.15, -0.1) is 0 Å². The molecule has 0 N–H and O–H groups in total. The van der Waals surface area contributed by atoms with Crippen LogP contribution in [0.15, 0.2) is 54.6 Å². The third-order valence-electron chi connectivity index (χ3n) is 5.55. The van der Waals surface area contributed by atoms with E-state index in [0.29, 0.717) is 11.1 Å². The molecule has 0 fully saturated rings. The van der Waals surface area contributed by atoms with Crippen LogP contribution in [0.4, 0.5) is 0 Å². The summed E-state index contributed by atoms with van der Waals surface area (Å²) in [4.78, 5) is 0. The molecule has 0 bridgehead atoms. The molecule has 2 atom stereocenters. The molecule has 1 heteroatoms. The molecule has 0 radical (unpaired) electrons. The summed E-state index contributed by atoms with van der Waals surface area (Å²) in [6.45, 7) is 7.33. The SMILES string of the molecule is Cc1cccc2c1C=CC2[Si](C)(C)C1C=Cc2ccccc21. The predicted molar refractivity (Wildman–Crippen MR) is 98.7 cm³/mol. The Labute approximate surface area is 134 Å². The van der Waals surface area contributed by atoms with Crippen LogP contribution < -0.4 is 0 Å². The van der Waals surface area contributed by atoms with Crippen LogP contribution in [-0.4, -0.2) is 8.07 Å². The molecule has 0 nitrogen and oxygen atoms in total. The van der Waals surface area contributed by atoms with E-state index in [1.165, 1.54) is 22.3 Å². The van der Waals surface area contributed by atoms with Gasteiger partial charge in [-0.3, -0.25) is 0 Å². The molecule has 0 heterocycles. The average molecular weight is 302 g/mol. The minimum absolute atomic E-state index is 0.614. The number of benzene rings is 2. The van der Waals surface area contributed by atoms with Crippen molar-refractivity contribution in [1.82, 2.24) is 0 Å². The lowest BCUT2D eigenvalue weighted by Gasteiger charge is -2.35. The summed E-state index contributed by atoms with van der Waals surface area (Å²) in [6.07, 6.45) is 9.61. The van der Waals surface area contributed by atoms with Crippen molar-refractivity contribution in [3.05, 3.63) is 82.4 Å². The second kappa shape index (κ2) is 4.82. The van der Waals surface area contributed by atoms with E-state index in [1.54, 1.807) is 5.56 Å². The molecule has 0 aromatic heterocycles. The molecule has 0 saturated heterocycles. The van der Waals surface area contributed by atoms with Crippen molar-refractivity contribution >= 4 is 20.2 Å². The van der Waals surface area contributed by atoms with E-state index >= 15 is 0 Å². The molecule has 0 amide bonds. The van der Waals surface area contributed by atoms with Gasteiger partial charge in [0.2, 0.25) is 0 Å². The first-order valence-corrected chi connectivity index (χ1v) is 11.3. The number of fused-ring (bicyclic) bond motifs is 2. The third-order valence-corrected chi connectivity index (χ3v) is 9.76. The van der Waals surface area contributed by atoms with Crippen LogP contribution >= 0.6 is 0 Å². The maximum absolute atomic E-state index is 2.55. The molecular formula is C21H22Si. The lowest BCUT2D eigenvalue weighted by atomic mass is 10.0. The summed E-state index contributed by atoms with van der Waals surface area (Å²) >= 11 is 0. The largest absolute Gasteiger partial charge is 0.0791 e. The van der Waals surface area contributed by atoms with Gasteiger partial charge in [0, 0.05) is 0 Å². The van der Waals surface area contributed by atoms with Gasteiger partial charge in [0.15, 0.2) is 0 Å². The van der Waals surface area contributed by atoms with Gasteiger partial charge < -0.3 is 0 Å². The van der Waals surface area contributed by atoms with Crippen LogP contribution in [0.2, 0.25) is 13.1 Å². The first-order chi connectivity index (χ1) is 10.6. The van der Waals surface area contributed by atoms with Crippen molar-refractivity contribution < 1.29 is 0 Å². The normalized spacial score (nSPS) is 22.0. The van der Waals surface area contributed by atoms with Gasteiger partial charge in [0.05, 0.1) is 8.07 Å². The Hall–Kier alpha value is -1.86. The molecule has 4 rings (SSSR count). The topological polar surface area (TPSA) is 0 Å². The maximum Gasteiger partial charge on any atom is 0.0715 e. The van der Waals surface area contributed by atoms with E-state index in [0.717, 1.165) is 0 Å². The molecule has 0 spiro atoms. The second-order valence-corrected chi connectivity index (χ2v) is 12.1. The number of aryl methyl sites for hydroxylation is 1. The highest BCUT2D eigenvalue weighted by Gasteiger charge is 2.42. The molecule has 0 saturated carbocycles. The summed E-state index contributed by atoms with van der Waals surface area (Å²) in [5.74, 6) is 0. The Morgan fingerprint density at radius 2 is 1.45 bits per heavy atom. The summed E-state index contributed by atoms with van der Waals surface area (Å²) in [7, 11) is -1.54. The zero-order chi connectivity index (χ0) is 15.3. The smallest absolute Gasteiger partial charge is 0.0715 e. The lowest BCUT2D eigenvalue weighted by Crippen LogP contribution is -2.39. The van der Waals surface area contributed by atoms with Gasteiger partial charge in [0.1, 0.15) is 0 Å². The summed E-state index contributed by atoms with van der Waals surface area (Å²) in [6, 6.07) is 15.7. The van der Waals surface area contributed by atoms with E-state index in [4.69, 9.17) is 0 Å². The van der Waals surface area contributed by atoms with Crippen LogP contribution in [0.3, 0.4) is 0 Å². The standard InChI is InChI=1S/C21H22Si/c1-15-7-6-10-19-17(15)12-14-21(19)22(2,3)20-13-11-16-8-4-5-9-18(16)20/h4-14,20-21H,1-3H3.